The average Bonchev–Trinajstić information content (AvgIpc) is 2.30. The molecule has 0 spiro atoms. The van der Waals surface area contributed by atoms with Crippen molar-refractivity contribution in [1.82, 2.24) is 15.3 Å². The minimum atomic E-state index is 0.819. The lowest BCUT2D eigenvalue weighted by Gasteiger charge is -2.32. The predicted molar refractivity (Wildman–Crippen MR) is 65.6 cm³/mol. The molecule has 16 heavy (non-hydrogen) atoms. The molecule has 1 aliphatic rings. The Morgan fingerprint density at radius 2 is 2.12 bits per heavy atom. The Morgan fingerprint density at radius 1 is 1.38 bits per heavy atom. The lowest BCUT2D eigenvalue weighted by Crippen LogP contribution is -2.37. The maximum atomic E-state index is 4.52. The van der Waals surface area contributed by atoms with Gasteiger partial charge in [-0.15, -0.1) is 0 Å². The van der Waals surface area contributed by atoms with Crippen LogP contribution in [0.3, 0.4) is 0 Å². The zero-order chi connectivity index (χ0) is 11.4. The van der Waals surface area contributed by atoms with E-state index in [9.17, 15) is 0 Å². The van der Waals surface area contributed by atoms with Gasteiger partial charge in [-0.05, 0) is 39.3 Å². The van der Waals surface area contributed by atoms with E-state index in [1.165, 1.54) is 12.8 Å². The van der Waals surface area contributed by atoms with E-state index in [1.54, 1.807) is 6.20 Å². The molecule has 0 aromatic carbocycles. The van der Waals surface area contributed by atoms with Crippen molar-refractivity contribution in [3.8, 4) is 0 Å². The van der Waals surface area contributed by atoms with Crippen molar-refractivity contribution >= 4 is 5.82 Å². The summed E-state index contributed by atoms with van der Waals surface area (Å²) in [5.41, 5.74) is 0.995. The van der Waals surface area contributed by atoms with Crippen molar-refractivity contribution in [3.63, 3.8) is 0 Å². The molecule has 1 aromatic heterocycles. The fraction of sp³-hybridized carbons (Fsp3) is 0.667. The SMILES string of the molecule is CNCC1CCN(c2cncc(C)n2)CC1. The predicted octanol–water partition coefficient (Wildman–Crippen LogP) is 1.22. The van der Waals surface area contributed by atoms with Gasteiger partial charge in [-0.3, -0.25) is 4.98 Å². The van der Waals surface area contributed by atoms with Crippen molar-refractivity contribution in [3.05, 3.63) is 18.1 Å². The molecule has 1 aliphatic heterocycles. The molecule has 0 unspecified atom stereocenters. The first-order valence-corrected chi connectivity index (χ1v) is 5.98. The molecular formula is C12H20N4. The molecule has 0 saturated carbocycles. The molecule has 2 rings (SSSR count). The van der Waals surface area contributed by atoms with Crippen LogP contribution >= 0.6 is 0 Å². The normalized spacial score (nSPS) is 17.8. The summed E-state index contributed by atoms with van der Waals surface area (Å²) in [7, 11) is 2.03. The van der Waals surface area contributed by atoms with Crippen molar-refractivity contribution in [1.29, 1.82) is 0 Å². The molecule has 1 saturated heterocycles. The van der Waals surface area contributed by atoms with Gasteiger partial charge in [0.05, 0.1) is 11.9 Å². The highest BCUT2D eigenvalue weighted by atomic mass is 15.2. The number of aromatic nitrogens is 2. The summed E-state index contributed by atoms with van der Waals surface area (Å²) >= 11 is 0. The van der Waals surface area contributed by atoms with Crippen molar-refractivity contribution < 1.29 is 0 Å². The molecular weight excluding hydrogens is 200 g/mol. The van der Waals surface area contributed by atoms with E-state index in [-0.39, 0.29) is 0 Å². The topological polar surface area (TPSA) is 41.0 Å². The van der Waals surface area contributed by atoms with Gasteiger partial charge >= 0.3 is 0 Å². The summed E-state index contributed by atoms with van der Waals surface area (Å²) in [6, 6.07) is 0. The molecule has 0 atom stereocenters. The van der Waals surface area contributed by atoms with Crippen LogP contribution in [0.2, 0.25) is 0 Å². The standard InChI is InChI=1S/C12H20N4/c1-10-7-14-9-12(15-10)16-5-3-11(4-6-16)8-13-2/h7,9,11,13H,3-6,8H2,1-2H3. The van der Waals surface area contributed by atoms with Crippen LogP contribution in [0.5, 0.6) is 0 Å². The first-order chi connectivity index (χ1) is 7.79. The summed E-state index contributed by atoms with van der Waals surface area (Å²) in [6.07, 6.45) is 6.16. The first-order valence-electron chi connectivity index (χ1n) is 5.98. The van der Waals surface area contributed by atoms with E-state index in [0.717, 1.165) is 37.1 Å². The molecule has 0 radical (unpaired) electrons. The zero-order valence-corrected chi connectivity index (χ0v) is 10.1. The van der Waals surface area contributed by atoms with Crippen molar-refractivity contribution in [2.45, 2.75) is 19.8 Å². The monoisotopic (exact) mass is 220 g/mol. The number of hydrogen-bond acceptors (Lipinski definition) is 4. The number of nitrogens with zero attached hydrogens (tertiary/aromatic N) is 3. The van der Waals surface area contributed by atoms with E-state index in [1.807, 2.05) is 20.2 Å². The number of anilines is 1. The summed E-state index contributed by atoms with van der Waals surface area (Å²) in [4.78, 5) is 11.1. The first kappa shape index (κ1) is 11.3. The molecule has 0 amide bonds. The van der Waals surface area contributed by atoms with Crippen LogP contribution in [-0.2, 0) is 0 Å². The second kappa shape index (κ2) is 5.25. The number of hydrogen-bond donors (Lipinski definition) is 1. The second-order valence-corrected chi connectivity index (χ2v) is 4.51. The van der Waals surface area contributed by atoms with E-state index in [4.69, 9.17) is 0 Å². The molecule has 88 valence electrons. The van der Waals surface area contributed by atoms with Gasteiger partial charge in [-0.2, -0.15) is 0 Å². The van der Waals surface area contributed by atoms with Crippen molar-refractivity contribution in [2.75, 3.05) is 31.6 Å². The second-order valence-electron chi connectivity index (χ2n) is 4.51. The van der Waals surface area contributed by atoms with Crippen LogP contribution in [0.1, 0.15) is 18.5 Å². The van der Waals surface area contributed by atoms with Gasteiger partial charge in [0.1, 0.15) is 5.82 Å². The minimum absolute atomic E-state index is 0.819. The Hall–Kier alpha value is -1.16. The van der Waals surface area contributed by atoms with E-state index >= 15 is 0 Å². The zero-order valence-electron chi connectivity index (χ0n) is 10.1. The molecule has 1 aromatic rings. The Balaban J connectivity index is 1.94. The molecule has 4 heteroatoms. The third kappa shape index (κ3) is 2.70. The van der Waals surface area contributed by atoms with Crippen LogP contribution in [0.15, 0.2) is 12.4 Å². The van der Waals surface area contributed by atoms with Gasteiger partial charge in [-0.1, -0.05) is 0 Å². The lowest BCUT2D eigenvalue weighted by molar-refractivity contribution is 0.392. The Kier molecular flexibility index (Phi) is 3.72. The van der Waals surface area contributed by atoms with Gasteiger partial charge in [0.2, 0.25) is 0 Å². The Morgan fingerprint density at radius 3 is 2.75 bits per heavy atom. The van der Waals surface area contributed by atoms with Crippen LogP contribution in [-0.4, -0.2) is 36.6 Å². The fourth-order valence-electron chi connectivity index (χ4n) is 2.26. The van der Waals surface area contributed by atoms with Crippen LogP contribution < -0.4 is 10.2 Å². The largest absolute Gasteiger partial charge is 0.355 e. The number of rotatable bonds is 3. The van der Waals surface area contributed by atoms with E-state index < -0.39 is 0 Å². The highest BCUT2D eigenvalue weighted by Gasteiger charge is 2.19. The third-order valence-electron chi connectivity index (χ3n) is 3.17. The van der Waals surface area contributed by atoms with Gasteiger partial charge in [0.25, 0.3) is 0 Å². The van der Waals surface area contributed by atoms with Gasteiger partial charge in [0.15, 0.2) is 0 Å². The molecule has 0 aliphatic carbocycles. The maximum Gasteiger partial charge on any atom is 0.147 e. The van der Waals surface area contributed by atoms with Gasteiger partial charge in [-0.25, -0.2) is 4.98 Å². The fourth-order valence-corrected chi connectivity index (χ4v) is 2.26. The van der Waals surface area contributed by atoms with Crippen LogP contribution in [0.4, 0.5) is 5.82 Å². The number of piperidine rings is 1. The molecule has 2 heterocycles. The Labute approximate surface area is 97.1 Å². The smallest absolute Gasteiger partial charge is 0.147 e. The molecule has 0 bridgehead atoms. The van der Waals surface area contributed by atoms with Crippen molar-refractivity contribution in [2.24, 2.45) is 5.92 Å². The Bertz CT molecular complexity index is 332. The highest BCUT2D eigenvalue weighted by molar-refractivity contribution is 5.36. The van der Waals surface area contributed by atoms with Crippen LogP contribution in [0.25, 0.3) is 0 Å². The number of aryl methyl sites for hydroxylation is 1. The number of nitrogens with one attached hydrogen (secondary N) is 1. The van der Waals surface area contributed by atoms with Crippen LogP contribution in [0, 0.1) is 12.8 Å². The molecule has 4 nitrogen and oxygen atoms in total. The summed E-state index contributed by atoms with van der Waals surface area (Å²) < 4.78 is 0. The van der Waals surface area contributed by atoms with E-state index in [0.29, 0.717) is 0 Å². The lowest BCUT2D eigenvalue weighted by atomic mass is 9.97. The maximum absolute atomic E-state index is 4.52. The quantitative estimate of drug-likeness (QED) is 0.831. The minimum Gasteiger partial charge on any atom is -0.355 e. The summed E-state index contributed by atoms with van der Waals surface area (Å²) in [5, 5.41) is 3.25. The van der Waals surface area contributed by atoms with Gasteiger partial charge < -0.3 is 10.2 Å². The van der Waals surface area contributed by atoms with E-state index in [2.05, 4.69) is 20.2 Å². The summed E-state index contributed by atoms with van der Waals surface area (Å²) in [6.45, 7) is 5.33. The van der Waals surface area contributed by atoms with Gasteiger partial charge in [0, 0.05) is 19.3 Å². The highest BCUT2D eigenvalue weighted by Crippen LogP contribution is 2.20. The summed E-state index contributed by atoms with van der Waals surface area (Å²) in [5.74, 6) is 1.85. The third-order valence-corrected chi connectivity index (χ3v) is 3.17. The average molecular weight is 220 g/mol. The molecule has 1 N–H and O–H groups in total. The molecule has 1 fully saturated rings.